The summed E-state index contributed by atoms with van der Waals surface area (Å²) in [6.07, 6.45) is 2.73. The molecule has 1 heterocycles. The minimum atomic E-state index is -0.551. The first-order chi connectivity index (χ1) is 8.18. The zero-order valence-corrected chi connectivity index (χ0v) is 9.49. The summed E-state index contributed by atoms with van der Waals surface area (Å²) in [6, 6.07) is 6.13. The van der Waals surface area contributed by atoms with Gasteiger partial charge in [-0.25, -0.2) is 4.39 Å². The topological polar surface area (TPSA) is 42.9 Å². The van der Waals surface area contributed by atoms with Crippen molar-refractivity contribution < 1.29 is 9.18 Å². The molecule has 1 aromatic heterocycles. The average Bonchev–Trinajstić information content (AvgIpc) is 2.36. The second kappa shape index (κ2) is 5.01. The number of aromatic nitrogens is 2. The highest BCUT2D eigenvalue weighted by Crippen LogP contribution is 2.19. The van der Waals surface area contributed by atoms with E-state index in [1.54, 1.807) is 6.07 Å². The van der Waals surface area contributed by atoms with E-state index in [-0.39, 0.29) is 22.8 Å². The smallest absolute Gasteiger partial charge is 0.169 e. The second-order valence-electron chi connectivity index (χ2n) is 3.44. The van der Waals surface area contributed by atoms with Gasteiger partial charge >= 0.3 is 0 Å². The molecule has 86 valence electrons. The van der Waals surface area contributed by atoms with Gasteiger partial charge in [0, 0.05) is 12.0 Å². The fraction of sp³-hybridized carbons (Fsp3) is 0.0833. The van der Waals surface area contributed by atoms with Crippen LogP contribution in [0.1, 0.15) is 15.9 Å². The standard InChI is InChI=1S/C12H8ClFN2O/c13-10-3-1-2-8(12(10)14)6-11(17)9-4-5-15-16-7-9/h1-5,7H,6H2. The van der Waals surface area contributed by atoms with Crippen molar-refractivity contribution in [2.45, 2.75) is 6.42 Å². The number of hydrogen-bond acceptors (Lipinski definition) is 3. The van der Waals surface area contributed by atoms with Gasteiger partial charge in [0.15, 0.2) is 5.78 Å². The molecule has 0 fully saturated rings. The van der Waals surface area contributed by atoms with Crippen LogP contribution >= 0.6 is 11.6 Å². The van der Waals surface area contributed by atoms with Crippen LogP contribution in [-0.2, 0) is 6.42 Å². The van der Waals surface area contributed by atoms with E-state index in [2.05, 4.69) is 10.2 Å². The van der Waals surface area contributed by atoms with Gasteiger partial charge in [-0.15, -0.1) is 0 Å². The zero-order valence-electron chi connectivity index (χ0n) is 8.73. The molecule has 2 aromatic rings. The molecule has 17 heavy (non-hydrogen) atoms. The largest absolute Gasteiger partial charge is 0.294 e. The summed E-state index contributed by atoms with van der Waals surface area (Å²) in [7, 11) is 0. The molecule has 0 atom stereocenters. The maximum absolute atomic E-state index is 13.6. The minimum Gasteiger partial charge on any atom is -0.294 e. The molecule has 0 amide bonds. The lowest BCUT2D eigenvalue weighted by Crippen LogP contribution is -2.06. The van der Waals surface area contributed by atoms with E-state index in [0.717, 1.165) is 0 Å². The van der Waals surface area contributed by atoms with Crippen molar-refractivity contribution in [2.24, 2.45) is 0 Å². The van der Waals surface area contributed by atoms with Gasteiger partial charge in [0.05, 0.1) is 17.4 Å². The number of nitrogens with zero attached hydrogens (tertiary/aromatic N) is 2. The van der Waals surface area contributed by atoms with Crippen LogP contribution in [0.3, 0.4) is 0 Å². The third-order valence-electron chi connectivity index (χ3n) is 2.29. The number of hydrogen-bond donors (Lipinski definition) is 0. The van der Waals surface area contributed by atoms with Gasteiger partial charge in [-0.3, -0.25) is 4.79 Å². The lowest BCUT2D eigenvalue weighted by molar-refractivity contribution is 0.0991. The quantitative estimate of drug-likeness (QED) is 0.787. The van der Waals surface area contributed by atoms with E-state index in [1.165, 1.54) is 30.6 Å². The molecule has 3 nitrogen and oxygen atoms in total. The molecule has 0 bridgehead atoms. The number of benzene rings is 1. The lowest BCUT2D eigenvalue weighted by Gasteiger charge is -2.03. The van der Waals surface area contributed by atoms with Crippen LogP contribution in [0.2, 0.25) is 5.02 Å². The van der Waals surface area contributed by atoms with Gasteiger partial charge in [-0.05, 0) is 17.7 Å². The van der Waals surface area contributed by atoms with E-state index in [9.17, 15) is 9.18 Å². The Labute approximate surface area is 102 Å². The van der Waals surface area contributed by atoms with Gasteiger partial charge in [0.1, 0.15) is 5.82 Å². The average molecular weight is 251 g/mol. The van der Waals surface area contributed by atoms with E-state index >= 15 is 0 Å². The molecule has 0 radical (unpaired) electrons. The van der Waals surface area contributed by atoms with E-state index in [0.29, 0.717) is 5.56 Å². The Morgan fingerprint density at radius 1 is 1.29 bits per heavy atom. The third kappa shape index (κ3) is 2.65. The maximum atomic E-state index is 13.6. The van der Waals surface area contributed by atoms with Crippen molar-refractivity contribution in [3.05, 3.63) is 58.6 Å². The third-order valence-corrected chi connectivity index (χ3v) is 2.58. The predicted molar refractivity (Wildman–Crippen MR) is 61.5 cm³/mol. The van der Waals surface area contributed by atoms with Crippen LogP contribution in [0.25, 0.3) is 0 Å². The Hall–Kier alpha value is -1.81. The Morgan fingerprint density at radius 2 is 2.12 bits per heavy atom. The molecule has 0 spiro atoms. The number of Topliss-reactive ketones (excluding diaryl/α,β-unsaturated/α-hetero) is 1. The summed E-state index contributed by atoms with van der Waals surface area (Å²) >= 11 is 5.63. The molecule has 0 aliphatic heterocycles. The summed E-state index contributed by atoms with van der Waals surface area (Å²) in [5.74, 6) is -0.773. The molecule has 0 aliphatic rings. The van der Waals surface area contributed by atoms with Crippen LogP contribution in [0.4, 0.5) is 4.39 Å². The van der Waals surface area contributed by atoms with Gasteiger partial charge in [-0.1, -0.05) is 23.7 Å². The van der Waals surface area contributed by atoms with Crippen LogP contribution in [0, 0.1) is 5.82 Å². The highest BCUT2D eigenvalue weighted by Gasteiger charge is 2.12. The number of ketones is 1. The van der Waals surface area contributed by atoms with Gasteiger partial charge < -0.3 is 0 Å². The molecule has 0 aliphatic carbocycles. The normalized spacial score (nSPS) is 10.2. The number of halogens is 2. The zero-order chi connectivity index (χ0) is 12.3. The van der Waals surface area contributed by atoms with Crippen LogP contribution in [0.5, 0.6) is 0 Å². The van der Waals surface area contributed by atoms with Crippen molar-refractivity contribution in [3.8, 4) is 0 Å². The molecule has 0 saturated carbocycles. The van der Waals surface area contributed by atoms with Crippen molar-refractivity contribution in [1.82, 2.24) is 10.2 Å². The van der Waals surface area contributed by atoms with Gasteiger partial charge in [0.25, 0.3) is 0 Å². The van der Waals surface area contributed by atoms with Crippen molar-refractivity contribution >= 4 is 17.4 Å². The Morgan fingerprint density at radius 3 is 2.82 bits per heavy atom. The molecular weight excluding hydrogens is 243 g/mol. The van der Waals surface area contributed by atoms with Crippen LogP contribution in [-0.4, -0.2) is 16.0 Å². The molecule has 5 heteroatoms. The number of rotatable bonds is 3. The van der Waals surface area contributed by atoms with Crippen LogP contribution < -0.4 is 0 Å². The fourth-order valence-electron chi connectivity index (χ4n) is 1.42. The first-order valence-electron chi connectivity index (χ1n) is 4.91. The first-order valence-corrected chi connectivity index (χ1v) is 5.29. The monoisotopic (exact) mass is 250 g/mol. The van der Waals surface area contributed by atoms with Crippen LogP contribution in [0.15, 0.2) is 36.7 Å². The Bertz CT molecular complexity index is 545. The SMILES string of the molecule is O=C(Cc1cccc(Cl)c1F)c1ccnnc1. The molecule has 0 N–H and O–H groups in total. The molecular formula is C12H8ClFN2O. The number of carbonyl (C=O) groups excluding carboxylic acids is 1. The highest BCUT2D eigenvalue weighted by atomic mass is 35.5. The van der Waals surface area contributed by atoms with E-state index in [4.69, 9.17) is 11.6 Å². The summed E-state index contributed by atoms with van der Waals surface area (Å²) in [5.41, 5.74) is 0.679. The predicted octanol–water partition coefficient (Wildman–Crippen LogP) is 2.69. The Kier molecular flexibility index (Phi) is 3.44. The molecule has 0 saturated heterocycles. The minimum absolute atomic E-state index is 0.0168. The van der Waals surface area contributed by atoms with Crippen molar-refractivity contribution in [2.75, 3.05) is 0 Å². The summed E-state index contributed by atoms with van der Waals surface area (Å²) in [4.78, 5) is 11.8. The Balaban J connectivity index is 2.22. The summed E-state index contributed by atoms with van der Waals surface area (Å²) in [6.45, 7) is 0. The maximum Gasteiger partial charge on any atom is 0.169 e. The summed E-state index contributed by atoms with van der Waals surface area (Å²) in [5, 5.41) is 7.18. The summed E-state index contributed by atoms with van der Waals surface area (Å²) < 4.78 is 13.6. The highest BCUT2D eigenvalue weighted by molar-refractivity contribution is 6.30. The van der Waals surface area contributed by atoms with E-state index < -0.39 is 5.82 Å². The molecule has 2 rings (SSSR count). The molecule has 1 aromatic carbocycles. The van der Waals surface area contributed by atoms with Crippen molar-refractivity contribution in [1.29, 1.82) is 0 Å². The van der Waals surface area contributed by atoms with Gasteiger partial charge in [0.2, 0.25) is 0 Å². The second-order valence-corrected chi connectivity index (χ2v) is 3.85. The van der Waals surface area contributed by atoms with E-state index in [1.807, 2.05) is 0 Å². The lowest BCUT2D eigenvalue weighted by atomic mass is 10.0. The van der Waals surface area contributed by atoms with Gasteiger partial charge in [-0.2, -0.15) is 10.2 Å². The number of carbonyl (C=O) groups is 1. The van der Waals surface area contributed by atoms with Crippen molar-refractivity contribution in [3.63, 3.8) is 0 Å². The first kappa shape index (κ1) is 11.7. The molecule has 0 unspecified atom stereocenters. The fourth-order valence-corrected chi connectivity index (χ4v) is 1.61.